The first-order valence-electron chi connectivity index (χ1n) is 10.3. The minimum Gasteiger partial charge on any atom is -0.368 e. The van der Waals surface area contributed by atoms with Crippen molar-refractivity contribution in [3.63, 3.8) is 0 Å². The van der Waals surface area contributed by atoms with Gasteiger partial charge in [-0.15, -0.1) is 0 Å². The second-order valence-corrected chi connectivity index (χ2v) is 8.41. The van der Waals surface area contributed by atoms with Crippen molar-refractivity contribution in [1.29, 1.82) is 0 Å². The molecular weight excluding hydrogens is 405 g/mol. The largest absolute Gasteiger partial charge is 0.368 e. The van der Waals surface area contributed by atoms with Crippen LogP contribution in [-0.2, 0) is 15.0 Å². The van der Waals surface area contributed by atoms with Crippen LogP contribution < -0.4 is 10.2 Å². The number of halogens is 2. The topological polar surface area (TPSA) is 52.7 Å². The van der Waals surface area contributed by atoms with Gasteiger partial charge >= 0.3 is 0 Å². The van der Waals surface area contributed by atoms with E-state index in [1.54, 1.807) is 17.0 Å². The lowest BCUT2D eigenvalue weighted by Gasteiger charge is -2.41. The average molecular weight is 430 g/mol. The average Bonchev–Trinajstić information content (AvgIpc) is 2.72. The van der Waals surface area contributed by atoms with E-state index in [9.17, 15) is 14.0 Å². The van der Waals surface area contributed by atoms with E-state index in [1.807, 2.05) is 24.3 Å². The summed E-state index contributed by atoms with van der Waals surface area (Å²) in [7, 11) is 0. The molecule has 4 rings (SSSR count). The predicted molar refractivity (Wildman–Crippen MR) is 115 cm³/mol. The molecule has 1 aliphatic heterocycles. The highest BCUT2D eigenvalue weighted by Gasteiger charge is 2.45. The molecule has 1 heterocycles. The number of amides is 2. The van der Waals surface area contributed by atoms with Gasteiger partial charge in [-0.05, 0) is 48.7 Å². The summed E-state index contributed by atoms with van der Waals surface area (Å²) in [6.07, 6.45) is 2.39. The second kappa shape index (κ2) is 8.64. The zero-order valence-electron chi connectivity index (χ0n) is 16.7. The summed E-state index contributed by atoms with van der Waals surface area (Å²) >= 11 is 6.07. The lowest BCUT2D eigenvalue weighted by atomic mass is 9.64. The molecule has 1 saturated carbocycles. The summed E-state index contributed by atoms with van der Waals surface area (Å²) in [5.74, 6) is -0.547. The van der Waals surface area contributed by atoms with Crippen LogP contribution in [0.3, 0.4) is 0 Å². The van der Waals surface area contributed by atoms with Crippen LogP contribution in [0.15, 0.2) is 48.5 Å². The molecule has 7 heteroatoms. The maximum absolute atomic E-state index is 13.3. The van der Waals surface area contributed by atoms with Crippen molar-refractivity contribution in [1.82, 2.24) is 10.2 Å². The monoisotopic (exact) mass is 429 g/mol. The van der Waals surface area contributed by atoms with Gasteiger partial charge < -0.3 is 15.1 Å². The smallest absolute Gasteiger partial charge is 0.242 e. The van der Waals surface area contributed by atoms with Crippen LogP contribution in [0.1, 0.15) is 24.8 Å². The number of piperazine rings is 1. The molecule has 2 fully saturated rings. The van der Waals surface area contributed by atoms with Gasteiger partial charge in [-0.1, -0.05) is 36.2 Å². The maximum atomic E-state index is 13.3. The molecule has 1 saturated heterocycles. The van der Waals surface area contributed by atoms with E-state index >= 15 is 0 Å². The summed E-state index contributed by atoms with van der Waals surface area (Å²) in [4.78, 5) is 29.5. The third kappa shape index (κ3) is 4.15. The number of nitrogens with one attached hydrogen (secondary N) is 1. The highest BCUT2D eigenvalue weighted by Crippen LogP contribution is 2.44. The summed E-state index contributed by atoms with van der Waals surface area (Å²) in [5, 5.41) is 3.53. The molecule has 0 aromatic heterocycles. The summed E-state index contributed by atoms with van der Waals surface area (Å²) in [5.41, 5.74) is 1.23. The van der Waals surface area contributed by atoms with Crippen molar-refractivity contribution in [2.75, 3.05) is 37.6 Å². The van der Waals surface area contributed by atoms with Crippen LogP contribution in [-0.4, -0.2) is 49.4 Å². The Morgan fingerprint density at radius 3 is 2.33 bits per heavy atom. The van der Waals surface area contributed by atoms with Crippen molar-refractivity contribution in [2.45, 2.75) is 24.7 Å². The number of hydrogen-bond donors (Lipinski definition) is 1. The van der Waals surface area contributed by atoms with E-state index in [4.69, 9.17) is 11.6 Å². The lowest BCUT2D eigenvalue weighted by Crippen LogP contribution is -2.54. The fraction of sp³-hybridized carbons (Fsp3) is 0.391. The molecule has 2 aliphatic rings. The summed E-state index contributed by atoms with van der Waals surface area (Å²) in [6, 6.07) is 13.8. The first-order chi connectivity index (χ1) is 14.5. The highest BCUT2D eigenvalue weighted by atomic mass is 35.5. The third-order valence-electron chi connectivity index (χ3n) is 6.24. The van der Waals surface area contributed by atoms with E-state index in [-0.39, 0.29) is 24.2 Å². The molecule has 1 aliphatic carbocycles. The van der Waals surface area contributed by atoms with E-state index in [0.717, 1.165) is 43.6 Å². The van der Waals surface area contributed by atoms with E-state index in [2.05, 4.69) is 10.2 Å². The number of benzene rings is 2. The first kappa shape index (κ1) is 20.7. The molecule has 0 unspecified atom stereocenters. The quantitative estimate of drug-likeness (QED) is 0.792. The van der Waals surface area contributed by atoms with Crippen molar-refractivity contribution < 1.29 is 14.0 Å². The molecule has 158 valence electrons. The van der Waals surface area contributed by atoms with Crippen molar-refractivity contribution in [2.24, 2.45) is 0 Å². The normalized spacial score (nSPS) is 17.9. The first-order valence-corrected chi connectivity index (χ1v) is 10.7. The molecular formula is C23H25ClFN3O2. The van der Waals surface area contributed by atoms with Gasteiger partial charge in [0.2, 0.25) is 11.8 Å². The molecule has 0 spiro atoms. The Kier molecular flexibility index (Phi) is 5.95. The number of hydrogen-bond acceptors (Lipinski definition) is 3. The Labute approximate surface area is 180 Å². The maximum Gasteiger partial charge on any atom is 0.242 e. The van der Waals surface area contributed by atoms with Crippen molar-refractivity contribution in [3.8, 4) is 0 Å². The van der Waals surface area contributed by atoms with Gasteiger partial charge in [0.15, 0.2) is 0 Å². The Bertz CT molecular complexity index is 922. The Morgan fingerprint density at radius 2 is 1.73 bits per heavy atom. The van der Waals surface area contributed by atoms with Gasteiger partial charge in [0.1, 0.15) is 5.82 Å². The minimum absolute atomic E-state index is 0.0149. The van der Waals surface area contributed by atoms with Crippen LogP contribution in [0.4, 0.5) is 10.1 Å². The van der Waals surface area contributed by atoms with Gasteiger partial charge in [0.25, 0.3) is 0 Å². The van der Waals surface area contributed by atoms with Gasteiger partial charge in [-0.2, -0.15) is 0 Å². The number of carbonyl (C=O) groups excluding carboxylic acids is 2. The molecule has 0 bridgehead atoms. The Balaban J connectivity index is 1.30. The molecule has 0 atom stereocenters. The van der Waals surface area contributed by atoms with E-state index in [0.29, 0.717) is 18.1 Å². The second-order valence-electron chi connectivity index (χ2n) is 7.97. The van der Waals surface area contributed by atoms with E-state index in [1.165, 1.54) is 12.1 Å². The minimum atomic E-state index is -0.640. The van der Waals surface area contributed by atoms with Crippen LogP contribution in [0.5, 0.6) is 0 Å². The van der Waals surface area contributed by atoms with Crippen molar-refractivity contribution in [3.05, 3.63) is 64.9 Å². The van der Waals surface area contributed by atoms with Crippen molar-refractivity contribution >= 4 is 29.1 Å². The van der Waals surface area contributed by atoms with Crippen LogP contribution in [0.2, 0.25) is 5.02 Å². The fourth-order valence-corrected chi connectivity index (χ4v) is 4.45. The number of carbonyl (C=O) groups is 2. The number of anilines is 1. The predicted octanol–water partition coefficient (Wildman–Crippen LogP) is 3.37. The summed E-state index contributed by atoms with van der Waals surface area (Å²) < 4.78 is 13.3. The van der Waals surface area contributed by atoms with Crippen LogP contribution in [0.25, 0.3) is 0 Å². The number of rotatable bonds is 5. The lowest BCUT2D eigenvalue weighted by molar-refractivity contribution is -0.136. The third-order valence-corrected chi connectivity index (χ3v) is 6.48. The van der Waals surface area contributed by atoms with Gasteiger partial charge in [0, 0.05) is 36.9 Å². The standard InChI is InChI=1S/C23H25ClFN3O2/c24-18-3-1-4-20(15-18)27-11-13-28(14-12-27)21(29)16-26-22(30)23(9-2-10-23)17-5-7-19(25)8-6-17/h1,3-8,15H,2,9-14,16H2,(H,26,30). The highest BCUT2D eigenvalue weighted by molar-refractivity contribution is 6.30. The Hall–Kier alpha value is -2.60. The summed E-state index contributed by atoms with van der Waals surface area (Å²) in [6.45, 7) is 2.63. The zero-order valence-corrected chi connectivity index (χ0v) is 17.5. The van der Waals surface area contributed by atoms with E-state index < -0.39 is 5.41 Å². The SMILES string of the molecule is O=C(CNC(=O)C1(c2ccc(F)cc2)CCC1)N1CCN(c2cccc(Cl)c2)CC1. The van der Waals surface area contributed by atoms with Crippen LogP contribution >= 0.6 is 11.6 Å². The molecule has 1 N–H and O–H groups in total. The molecule has 0 radical (unpaired) electrons. The molecule has 2 aromatic carbocycles. The molecule has 2 aromatic rings. The zero-order chi connectivity index (χ0) is 21.1. The molecule has 30 heavy (non-hydrogen) atoms. The van der Waals surface area contributed by atoms with Gasteiger partial charge in [0.05, 0.1) is 12.0 Å². The molecule has 5 nitrogen and oxygen atoms in total. The van der Waals surface area contributed by atoms with Gasteiger partial charge in [-0.3, -0.25) is 9.59 Å². The fourth-order valence-electron chi connectivity index (χ4n) is 4.27. The van der Waals surface area contributed by atoms with Crippen LogP contribution in [0, 0.1) is 5.82 Å². The van der Waals surface area contributed by atoms with Gasteiger partial charge in [-0.25, -0.2) is 4.39 Å². The number of nitrogens with zero attached hydrogens (tertiary/aromatic N) is 2. The molecule has 2 amide bonds. The Morgan fingerprint density at radius 1 is 1.03 bits per heavy atom.